The molecule has 2 aliphatic rings. The molecule has 1 fully saturated rings. The topological polar surface area (TPSA) is 76.4 Å². The maximum absolute atomic E-state index is 12.2. The summed E-state index contributed by atoms with van der Waals surface area (Å²) in [5.74, 6) is -0.474. The van der Waals surface area contributed by atoms with E-state index in [0.29, 0.717) is 30.8 Å². The lowest BCUT2D eigenvalue weighted by Gasteiger charge is -2.32. The van der Waals surface area contributed by atoms with Crippen LogP contribution in [0.3, 0.4) is 0 Å². The van der Waals surface area contributed by atoms with Crippen LogP contribution in [0.15, 0.2) is 24.3 Å². The van der Waals surface area contributed by atoms with Gasteiger partial charge in [-0.1, -0.05) is 12.1 Å². The zero-order valence-electron chi connectivity index (χ0n) is 11.6. The van der Waals surface area contributed by atoms with Gasteiger partial charge in [-0.3, -0.25) is 19.4 Å². The molecular formula is C15H16N4O2. The number of nitrogens with zero attached hydrogens (tertiary/aromatic N) is 3. The molecule has 3 rings (SSSR count). The Balaban J connectivity index is 1.68. The molecule has 1 aromatic carbocycles. The van der Waals surface area contributed by atoms with E-state index >= 15 is 0 Å². The highest BCUT2D eigenvalue weighted by atomic mass is 16.2. The second-order valence-corrected chi connectivity index (χ2v) is 5.19. The van der Waals surface area contributed by atoms with Crippen molar-refractivity contribution >= 4 is 11.8 Å². The van der Waals surface area contributed by atoms with Gasteiger partial charge in [-0.25, -0.2) is 0 Å². The minimum Gasteiger partial charge on any atom is -0.313 e. The van der Waals surface area contributed by atoms with Crippen molar-refractivity contribution in [2.75, 3.05) is 32.7 Å². The van der Waals surface area contributed by atoms with Crippen LogP contribution in [0.2, 0.25) is 0 Å². The van der Waals surface area contributed by atoms with Crippen LogP contribution in [0, 0.1) is 11.3 Å². The summed E-state index contributed by atoms with van der Waals surface area (Å²) < 4.78 is 0. The predicted molar refractivity (Wildman–Crippen MR) is 75.7 cm³/mol. The molecule has 0 aromatic heterocycles. The number of amides is 2. The molecule has 1 atom stereocenters. The second kappa shape index (κ2) is 5.64. The quantitative estimate of drug-likeness (QED) is 0.796. The summed E-state index contributed by atoms with van der Waals surface area (Å²) in [7, 11) is 0. The van der Waals surface area contributed by atoms with Gasteiger partial charge < -0.3 is 5.32 Å². The van der Waals surface area contributed by atoms with Crippen molar-refractivity contribution in [3.8, 4) is 6.07 Å². The van der Waals surface area contributed by atoms with E-state index < -0.39 is 0 Å². The average Bonchev–Trinajstić information content (AvgIpc) is 2.78. The molecule has 1 aromatic rings. The smallest absolute Gasteiger partial charge is 0.261 e. The van der Waals surface area contributed by atoms with Gasteiger partial charge in [-0.05, 0) is 12.1 Å². The third-order valence-corrected chi connectivity index (χ3v) is 3.99. The SMILES string of the molecule is N#CC1CNCCN1CCN1C(=O)c2ccccc2C1=O. The fraction of sp³-hybridized carbons (Fsp3) is 0.400. The number of nitriles is 1. The molecule has 1 saturated heterocycles. The van der Waals surface area contributed by atoms with E-state index in [4.69, 9.17) is 5.26 Å². The fourth-order valence-electron chi connectivity index (χ4n) is 2.81. The molecule has 108 valence electrons. The molecule has 6 nitrogen and oxygen atoms in total. The van der Waals surface area contributed by atoms with E-state index in [-0.39, 0.29) is 17.9 Å². The summed E-state index contributed by atoms with van der Waals surface area (Å²) in [4.78, 5) is 27.8. The van der Waals surface area contributed by atoms with E-state index in [0.717, 1.165) is 13.1 Å². The Kier molecular flexibility index (Phi) is 3.69. The Morgan fingerprint density at radius 3 is 2.48 bits per heavy atom. The van der Waals surface area contributed by atoms with Crippen molar-refractivity contribution in [2.24, 2.45) is 0 Å². The van der Waals surface area contributed by atoms with Gasteiger partial charge in [0.15, 0.2) is 0 Å². The van der Waals surface area contributed by atoms with Gasteiger partial charge in [0.2, 0.25) is 0 Å². The highest BCUT2D eigenvalue weighted by Gasteiger charge is 2.35. The van der Waals surface area contributed by atoms with Gasteiger partial charge in [0.05, 0.1) is 17.2 Å². The number of carbonyl (C=O) groups is 2. The van der Waals surface area contributed by atoms with Gasteiger partial charge in [0.25, 0.3) is 11.8 Å². The van der Waals surface area contributed by atoms with Gasteiger partial charge in [0.1, 0.15) is 6.04 Å². The number of hydrogen-bond acceptors (Lipinski definition) is 5. The monoisotopic (exact) mass is 284 g/mol. The van der Waals surface area contributed by atoms with Crippen molar-refractivity contribution in [1.82, 2.24) is 15.1 Å². The number of piperazine rings is 1. The highest BCUT2D eigenvalue weighted by Crippen LogP contribution is 2.22. The maximum Gasteiger partial charge on any atom is 0.261 e. The van der Waals surface area contributed by atoms with E-state index in [1.807, 2.05) is 4.90 Å². The van der Waals surface area contributed by atoms with Gasteiger partial charge in [0, 0.05) is 32.7 Å². The minimum absolute atomic E-state index is 0.200. The van der Waals surface area contributed by atoms with Gasteiger partial charge in [-0.2, -0.15) is 5.26 Å². The Morgan fingerprint density at radius 1 is 1.19 bits per heavy atom. The van der Waals surface area contributed by atoms with Crippen molar-refractivity contribution in [3.63, 3.8) is 0 Å². The van der Waals surface area contributed by atoms with E-state index in [1.54, 1.807) is 24.3 Å². The first-order valence-electron chi connectivity index (χ1n) is 7.02. The normalized spacial score (nSPS) is 22.2. The Bertz CT molecular complexity index is 587. The fourth-order valence-corrected chi connectivity index (χ4v) is 2.81. The highest BCUT2D eigenvalue weighted by molar-refractivity contribution is 6.21. The average molecular weight is 284 g/mol. The first-order chi connectivity index (χ1) is 10.2. The molecular weight excluding hydrogens is 268 g/mol. The lowest BCUT2D eigenvalue weighted by molar-refractivity contribution is 0.0625. The summed E-state index contributed by atoms with van der Waals surface area (Å²) in [5.41, 5.74) is 0.944. The van der Waals surface area contributed by atoms with Crippen LogP contribution in [0.25, 0.3) is 0 Å². The van der Waals surface area contributed by atoms with E-state index in [1.165, 1.54) is 4.90 Å². The summed E-state index contributed by atoms with van der Waals surface area (Å²) >= 11 is 0. The zero-order chi connectivity index (χ0) is 14.8. The standard InChI is InChI=1S/C15H16N4O2/c16-9-11-10-17-5-6-18(11)7-8-19-14(20)12-3-1-2-4-13(12)15(19)21/h1-4,11,17H,5-8,10H2. The molecule has 6 heteroatoms. The summed E-state index contributed by atoms with van der Waals surface area (Å²) in [6.45, 7) is 3.05. The molecule has 0 bridgehead atoms. The van der Waals surface area contributed by atoms with Crippen LogP contribution in [-0.2, 0) is 0 Å². The van der Waals surface area contributed by atoms with Crippen LogP contribution >= 0.6 is 0 Å². The van der Waals surface area contributed by atoms with Gasteiger partial charge in [-0.15, -0.1) is 0 Å². The molecule has 0 radical (unpaired) electrons. The molecule has 0 aliphatic carbocycles. The summed E-state index contributed by atoms with van der Waals surface area (Å²) in [5, 5.41) is 12.3. The summed E-state index contributed by atoms with van der Waals surface area (Å²) in [6.07, 6.45) is 0. The van der Waals surface area contributed by atoms with Crippen molar-refractivity contribution in [3.05, 3.63) is 35.4 Å². The minimum atomic E-state index is -0.237. The first-order valence-corrected chi connectivity index (χ1v) is 7.02. The molecule has 21 heavy (non-hydrogen) atoms. The third kappa shape index (κ3) is 2.42. The number of benzene rings is 1. The Hall–Kier alpha value is -2.23. The van der Waals surface area contributed by atoms with Crippen molar-refractivity contribution in [1.29, 1.82) is 5.26 Å². The number of fused-ring (bicyclic) bond motifs is 1. The Labute approximate surface area is 122 Å². The molecule has 2 aliphatic heterocycles. The van der Waals surface area contributed by atoms with Crippen LogP contribution in [0.4, 0.5) is 0 Å². The number of hydrogen-bond donors (Lipinski definition) is 1. The maximum atomic E-state index is 12.2. The summed E-state index contributed by atoms with van der Waals surface area (Å²) in [6, 6.07) is 8.92. The van der Waals surface area contributed by atoms with E-state index in [9.17, 15) is 9.59 Å². The zero-order valence-corrected chi connectivity index (χ0v) is 11.6. The number of rotatable bonds is 3. The lowest BCUT2D eigenvalue weighted by atomic mass is 10.1. The number of imide groups is 1. The molecule has 1 unspecified atom stereocenters. The molecule has 0 saturated carbocycles. The van der Waals surface area contributed by atoms with Gasteiger partial charge >= 0.3 is 0 Å². The molecule has 2 heterocycles. The predicted octanol–water partition coefficient (Wildman–Crippen LogP) is 0.0800. The van der Waals surface area contributed by atoms with Crippen LogP contribution in [-0.4, -0.2) is 60.4 Å². The largest absolute Gasteiger partial charge is 0.313 e. The number of carbonyl (C=O) groups excluding carboxylic acids is 2. The molecule has 2 amide bonds. The molecule has 0 spiro atoms. The number of nitrogens with one attached hydrogen (secondary N) is 1. The van der Waals surface area contributed by atoms with Crippen molar-refractivity contribution < 1.29 is 9.59 Å². The van der Waals surface area contributed by atoms with Crippen molar-refractivity contribution in [2.45, 2.75) is 6.04 Å². The third-order valence-electron chi connectivity index (χ3n) is 3.99. The lowest BCUT2D eigenvalue weighted by Crippen LogP contribution is -2.52. The van der Waals surface area contributed by atoms with Crippen LogP contribution < -0.4 is 5.32 Å². The van der Waals surface area contributed by atoms with E-state index in [2.05, 4.69) is 11.4 Å². The Morgan fingerprint density at radius 2 is 1.86 bits per heavy atom. The van der Waals surface area contributed by atoms with Crippen LogP contribution in [0.1, 0.15) is 20.7 Å². The molecule has 1 N–H and O–H groups in total. The second-order valence-electron chi connectivity index (χ2n) is 5.19. The first kappa shape index (κ1) is 13.7. The van der Waals surface area contributed by atoms with Crippen LogP contribution in [0.5, 0.6) is 0 Å².